The molecule has 0 saturated heterocycles. The van der Waals surface area contributed by atoms with Crippen LogP contribution in [0.1, 0.15) is 53.2 Å². The van der Waals surface area contributed by atoms with Crippen LogP contribution in [0.25, 0.3) is 5.69 Å². The van der Waals surface area contributed by atoms with E-state index < -0.39 is 0 Å². The molecule has 0 bridgehead atoms. The van der Waals surface area contributed by atoms with Gasteiger partial charge in [0, 0.05) is 24.6 Å². The van der Waals surface area contributed by atoms with Gasteiger partial charge in [-0.25, -0.2) is 9.48 Å². The zero-order valence-electron chi connectivity index (χ0n) is 18.5. The largest absolute Gasteiger partial charge is 0.338 e. The third-order valence-corrected chi connectivity index (χ3v) is 4.88. The number of rotatable bonds is 8. The van der Waals surface area contributed by atoms with E-state index in [1.165, 1.54) is 4.90 Å². The minimum absolute atomic E-state index is 0.0373. The molecule has 0 radical (unpaired) electrons. The molecule has 0 atom stereocenters. The minimum Gasteiger partial charge on any atom is -0.338 e. The van der Waals surface area contributed by atoms with Crippen LogP contribution in [0.5, 0.6) is 0 Å². The van der Waals surface area contributed by atoms with Gasteiger partial charge in [-0.05, 0) is 25.5 Å². The molecule has 3 amide bonds. The Hall–Kier alpha value is -2.54. The van der Waals surface area contributed by atoms with Crippen molar-refractivity contribution in [3.05, 3.63) is 41.0 Å². The molecule has 8 heteroatoms. The number of nitrogens with one attached hydrogen (secondary N) is 2. The number of hydrogen-bond donors (Lipinski definition) is 2. The molecule has 1 aromatic carbocycles. The highest BCUT2D eigenvalue weighted by Crippen LogP contribution is 2.29. The number of para-hydroxylation sites is 1. The molecule has 0 spiro atoms. The smallest absolute Gasteiger partial charge is 0.317 e. The summed E-state index contributed by atoms with van der Waals surface area (Å²) in [5, 5.41) is 10.9. The Morgan fingerprint density at radius 1 is 1.20 bits per heavy atom. The highest BCUT2D eigenvalue weighted by molar-refractivity contribution is 6.32. The van der Waals surface area contributed by atoms with Crippen LogP contribution < -0.4 is 10.6 Å². The van der Waals surface area contributed by atoms with Crippen LogP contribution in [0.15, 0.2) is 30.3 Å². The lowest BCUT2D eigenvalue weighted by Gasteiger charge is -2.22. The fourth-order valence-electron chi connectivity index (χ4n) is 2.86. The standard InChI is InChI=1S/C22H32ClN5O2/c1-6-8-13-27(21(30)24-7-2)15-20(29)25-19-14-18(22(3,4)5)26-28(19)17-12-10-9-11-16(17)23/h9-12,14H,6-8,13,15H2,1-5H3,(H,24,30)(H,25,29). The lowest BCUT2D eigenvalue weighted by molar-refractivity contribution is -0.116. The first-order valence-corrected chi connectivity index (χ1v) is 10.7. The fourth-order valence-corrected chi connectivity index (χ4v) is 3.08. The Morgan fingerprint density at radius 3 is 2.50 bits per heavy atom. The van der Waals surface area contributed by atoms with Crippen LogP contribution in [0.3, 0.4) is 0 Å². The van der Waals surface area contributed by atoms with Gasteiger partial charge in [-0.3, -0.25) is 4.79 Å². The van der Waals surface area contributed by atoms with Gasteiger partial charge in [-0.15, -0.1) is 0 Å². The second kappa shape index (κ2) is 10.5. The Morgan fingerprint density at radius 2 is 1.90 bits per heavy atom. The van der Waals surface area contributed by atoms with Gasteiger partial charge < -0.3 is 15.5 Å². The van der Waals surface area contributed by atoms with Gasteiger partial charge in [0.25, 0.3) is 0 Å². The van der Waals surface area contributed by atoms with Crippen LogP contribution in [-0.2, 0) is 10.2 Å². The van der Waals surface area contributed by atoms with Crippen molar-refractivity contribution in [3.8, 4) is 5.69 Å². The molecule has 0 aliphatic carbocycles. The number of unbranched alkanes of at least 4 members (excludes halogenated alkanes) is 1. The number of amides is 3. The molecule has 0 fully saturated rings. The van der Waals surface area contributed by atoms with Crippen molar-refractivity contribution < 1.29 is 9.59 Å². The first kappa shape index (κ1) is 23.7. The maximum atomic E-state index is 12.8. The molecule has 0 aliphatic rings. The summed E-state index contributed by atoms with van der Waals surface area (Å²) in [5.41, 5.74) is 1.29. The van der Waals surface area contributed by atoms with E-state index in [-0.39, 0.29) is 23.9 Å². The molecule has 30 heavy (non-hydrogen) atoms. The highest BCUT2D eigenvalue weighted by Gasteiger charge is 2.23. The molecule has 0 saturated carbocycles. The number of carbonyl (C=O) groups is 2. The van der Waals surface area contributed by atoms with Crippen molar-refractivity contribution in [1.29, 1.82) is 0 Å². The number of nitrogens with zero attached hydrogens (tertiary/aromatic N) is 3. The van der Waals surface area contributed by atoms with Gasteiger partial charge >= 0.3 is 6.03 Å². The van der Waals surface area contributed by atoms with Gasteiger partial charge in [-0.1, -0.05) is 57.8 Å². The van der Waals surface area contributed by atoms with E-state index in [4.69, 9.17) is 11.6 Å². The summed E-state index contributed by atoms with van der Waals surface area (Å²) in [6.45, 7) is 11.1. The zero-order chi connectivity index (χ0) is 22.3. The molecule has 0 unspecified atom stereocenters. The second-order valence-electron chi connectivity index (χ2n) is 8.19. The molecule has 164 valence electrons. The average Bonchev–Trinajstić information content (AvgIpc) is 3.09. The Kier molecular flexibility index (Phi) is 8.29. The van der Waals surface area contributed by atoms with E-state index in [0.717, 1.165) is 18.5 Å². The molecule has 2 N–H and O–H groups in total. The van der Waals surface area contributed by atoms with Gasteiger partial charge in [0.05, 0.1) is 16.4 Å². The SMILES string of the molecule is CCCCN(CC(=O)Nc1cc(C(C)(C)C)nn1-c1ccccc1Cl)C(=O)NCC. The van der Waals surface area contributed by atoms with Gasteiger partial charge in [0.1, 0.15) is 12.4 Å². The van der Waals surface area contributed by atoms with Crippen molar-refractivity contribution in [3.63, 3.8) is 0 Å². The van der Waals surface area contributed by atoms with E-state index in [0.29, 0.717) is 29.6 Å². The molecule has 0 aliphatic heterocycles. The normalized spacial score (nSPS) is 11.3. The average molecular weight is 434 g/mol. The zero-order valence-corrected chi connectivity index (χ0v) is 19.2. The van der Waals surface area contributed by atoms with Crippen molar-refractivity contribution in [2.24, 2.45) is 0 Å². The van der Waals surface area contributed by atoms with Crippen molar-refractivity contribution in [1.82, 2.24) is 20.0 Å². The summed E-state index contributed by atoms with van der Waals surface area (Å²) in [4.78, 5) is 26.7. The molecular formula is C22H32ClN5O2. The molecular weight excluding hydrogens is 402 g/mol. The van der Waals surface area contributed by atoms with E-state index >= 15 is 0 Å². The van der Waals surface area contributed by atoms with Crippen molar-refractivity contribution >= 4 is 29.4 Å². The monoisotopic (exact) mass is 433 g/mol. The van der Waals surface area contributed by atoms with Crippen LogP contribution in [0, 0.1) is 0 Å². The summed E-state index contributed by atoms with van der Waals surface area (Å²) >= 11 is 6.37. The first-order valence-electron chi connectivity index (χ1n) is 10.4. The molecule has 2 rings (SSSR count). The molecule has 1 aromatic heterocycles. The maximum absolute atomic E-state index is 12.8. The van der Waals surface area contributed by atoms with Crippen molar-refractivity contribution in [2.75, 3.05) is 25.0 Å². The van der Waals surface area contributed by atoms with Gasteiger partial charge in [-0.2, -0.15) is 5.10 Å². The molecule has 2 aromatic rings. The third kappa shape index (κ3) is 6.23. The summed E-state index contributed by atoms with van der Waals surface area (Å²) in [6.07, 6.45) is 1.77. The lowest BCUT2D eigenvalue weighted by atomic mass is 9.92. The third-order valence-electron chi connectivity index (χ3n) is 4.56. The molecule has 7 nitrogen and oxygen atoms in total. The fraction of sp³-hybridized carbons (Fsp3) is 0.500. The van der Waals surface area contributed by atoms with Gasteiger partial charge in [0.15, 0.2) is 0 Å². The Labute approximate surface area is 183 Å². The molecule has 1 heterocycles. The Balaban J connectivity index is 2.29. The summed E-state index contributed by atoms with van der Waals surface area (Å²) in [5.74, 6) is 0.232. The van der Waals surface area contributed by atoms with E-state index in [2.05, 4.69) is 36.5 Å². The van der Waals surface area contributed by atoms with Crippen LogP contribution in [0.4, 0.5) is 10.6 Å². The maximum Gasteiger partial charge on any atom is 0.317 e. The number of anilines is 1. The van der Waals surface area contributed by atoms with E-state index in [1.807, 2.05) is 38.1 Å². The summed E-state index contributed by atoms with van der Waals surface area (Å²) in [7, 11) is 0. The van der Waals surface area contributed by atoms with Crippen LogP contribution in [-0.4, -0.2) is 46.3 Å². The predicted octanol–water partition coefficient (Wildman–Crippen LogP) is 4.59. The van der Waals surface area contributed by atoms with Crippen molar-refractivity contribution in [2.45, 2.75) is 52.9 Å². The first-order chi connectivity index (χ1) is 14.2. The number of aromatic nitrogens is 2. The van der Waals surface area contributed by atoms with Crippen LogP contribution in [0.2, 0.25) is 5.02 Å². The summed E-state index contributed by atoms with van der Waals surface area (Å²) in [6, 6.07) is 8.95. The van der Waals surface area contributed by atoms with E-state index in [9.17, 15) is 9.59 Å². The quantitative estimate of drug-likeness (QED) is 0.638. The number of benzene rings is 1. The lowest BCUT2D eigenvalue weighted by Crippen LogP contribution is -2.44. The minimum atomic E-state index is -0.286. The number of hydrogen-bond acceptors (Lipinski definition) is 3. The number of halogens is 1. The van der Waals surface area contributed by atoms with Crippen LogP contribution >= 0.6 is 11.6 Å². The van der Waals surface area contributed by atoms with Gasteiger partial charge in [0.2, 0.25) is 5.91 Å². The highest BCUT2D eigenvalue weighted by atomic mass is 35.5. The predicted molar refractivity (Wildman–Crippen MR) is 121 cm³/mol. The topological polar surface area (TPSA) is 79.3 Å². The summed E-state index contributed by atoms with van der Waals surface area (Å²) < 4.78 is 1.64. The number of carbonyl (C=O) groups excluding carboxylic acids is 2. The van der Waals surface area contributed by atoms with E-state index in [1.54, 1.807) is 10.7 Å². The Bertz CT molecular complexity index is 873. The second-order valence-corrected chi connectivity index (χ2v) is 8.59. The number of urea groups is 1.